The van der Waals surface area contributed by atoms with Crippen molar-refractivity contribution < 1.29 is 28.6 Å². The molecule has 7 heteroatoms. The summed E-state index contributed by atoms with van der Waals surface area (Å²) in [6.45, 7) is 6.25. The Bertz CT molecular complexity index is 651. The average Bonchev–Trinajstić information content (AvgIpc) is 2.71. The third kappa shape index (κ3) is 9.78. The van der Waals surface area contributed by atoms with Gasteiger partial charge in [0.05, 0.1) is 13.2 Å². The SMILES string of the molecule is CCCC(C=C(C(=O)OCC)C(=O)OCC)CCNC(=O)OCc1ccccc1. The topological polar surface area (TPSA) is 90.9 Å². The maximum Gasteiger partial charge on any atom is 0.407 e. The van der Waals surface area contributed by atoms with E-state index in [1.54, 1.807) is 19.9 Å². The van der Waals surface area contributed by atoms with Crippen molar-refractivity contribution in [3.63, 3.8) is 0 Å². The molecule has 0 heterocycles. The van der Waals surface area contributed by atoms with E-state index in [-0.39, 0.29) is 31.3 Å². The molecule has 0 radical (unpaired) electrons. The molecule has 1 N–H and O–H groups in total. The molecule has 0 aromatic heterocycles. The lowest BCUT2D eigenvalue weighted by Crippen LogP contribution is -2.27. The highest BCUT2D eigenvalue weighted by Crippen LogP contribution is 2.17. The van der Waals surface area contributed by atoms with Gasteiger partial charge < -0.3 is 19.5 Å². The third-order valence-electron chi connectivity index (χ3n) is 4.05. The van der Waals surface area contributed by atoms with Crippen LogP contribution in [0.25, 0.3) is 0 Å². The van der Waals surface area contributed by atoms with Gasteiger partial charge >= 0.3 is 18.0 Å². The van der Waals surface area contributed by atoms with Gasteiger partial charge in [0.25, 0.3) is 0 Å². The van der Waals surface area contributed by atoms with Gasteiger partial charge in [0.1, 0.15) is 12.2 Å². The Hall–Kier alpha value is -2.83. The van der Waals surface area contributed by atoms with E-state index in [0.29, 0.717) is 13.0 Å². The van der Waals surface area contributed by atoms with E-state index < -0.39 is 18.0 Å². The fourth-order valence-corrected chi connectivity index (χ4v) is 2.69. The molecular weight excluding hydrogens is 374 g/mol. The zero-order valence-electron chi connectivity index (χ0n) is 17.4. The molecule has 1 aromatic carbocycles. The number of amides is 1. The number of esters is 2. The quantitative estimate of drug-likeness (QED) is 0.187. The van der Waals surface area contributed by atoms with E-state index in [1.807, 2.05) is 37.3 Å². The first-order chi connectivity index (χ1) is 14.0. The molecule has 1 atom stereocenters. The summed E-state index contributed by atoms with van der Waals surface area (Å²) in [7, 11) is 0. The number of benzene rings is 1. The highest BCUT2D eigenvalue weighted by molar-refractivity contribution is 6.14. The van der Waals surface area contributed by atoms with Crippen LogP contribution in [0.4, 0.5) is 4.79 Å². The van der Waals surface area contributed by atoms with Gasteiger partial charge in [0.15, 0.2) is 0 Å². The number of ether oxygens (including phenoxy) is 3. The van der Waals surface area contributed by atoms with Crippen LogP contribution < -0.4 is 5.32 Å². The molecule has 1 aromatic rings. The number of carbonyl (C=O) groups excluding carboxylic acids is 3. The second-order valence-corrected chi connectivity index (χ2v) is 6.35. The zero-order valence-corrected chi connectivity index (χ0v) is 17.4. The molecule has 0 spiro atoms. The molecule has 29 heavy (non-hydrogen) atoms. The number of rotatable bonds is 12. The summed E-state index contributed by atoms with van der Waals surface area (Å²) in [6.07, 6.45) is 3.25. The molecular formula is C22H31NO6. The fourth-order valence-electron chi connectivity index (χ4n) is 2.69. The Kier molecular flexibility index (Phi) is 11.9. The van der Waals surface area contributed by atoms with E-state index in [4.69, 9.17) is 14.2 Å². The van der Waals surface area contributed by atoms with Crippen molar-refractivity contribution in [1.82, 2.24) is 5.32 Å². The highest BCUT2D eigenvalue weighted by atomic mass is 16.6. The van der Waals surface area contributed by atoms with E-state index in [9.17, 15) is 14.4 Å². The Morgan fingerprint density at radius 1 is 0.931 bits per heavy atom. The van der Waals surface area contributed by atoms with Gasteiger partial charge in [0.2, 0.25) is 0 Å². The van der Waals surface area contributed by atoms with Crippen LogP contribution in [0.2, 0.25) is 0 Å². The Labute approximate surface area is 172 Å². The second kappa shape index (κ2) is 14.2. The number of allylic oxidation sites excluding steroid dienone is 1. The Balaban J connectivity index is 2.62. The number of nitrogens with one attached hydrogen (secondary N) is 1. The van der Waals surface area contributed by atoms with Crippen molar-refractivity contribution in [1.29, 1.82) is 0 Å². The first kappa shape index (κ1) is 24.2. The molecule has 1 amide bonds. The van der Waals surface area contributed by atoms with Gasteiger partial charge in [-0.3, -0.25) is 0 Å². The van der Waals surface area contributed by atoms with E-state index in [2.05, 4.69) is 5.32 Å². The fraction of sp³-hybridized carbons (Fsp3) is 0.500. The predicted molar refractivity (Wildman–Crippen MR) is 109 cm³/mol. The largest absolute Gasteiger partial charge is 0.462 e. The van der Waals surface area contributed by atoms with Gasteiger partial charge in [-0.25, -0.2) is 14.4 Å². The summed E-state index contributed by atoms with van der Waals surface area (Å²) in [5.41, 5.74) is 0.807. The average molecular weight is 405 g/mol. The summed E-state index contributed by atoms with van der Waals surface area (Å²) in [6, 6.07) is 9.40. The van der Waals surface area contributed by atoms with Crippen LogP contribution in [0.3, 0.4) is 0 Å². The highest BCUT2D eigenvalue weighted by Gasteiger charge is 2.22. The van der Waals surface area contributed by atoms with Crippen molar-refractivity contribution in [3.8, 4) is 0 Å². The van der Waals surface area contributed by atoms with E-state index in [1.165, 1.54) is 0 Å². The molecule has 7 nitrogen and oxygen atoms in total. The number of hydrogen-bond donors (Lipinski definition) is 1. The van der Waals surface area contributed by atoms with Crippen LogP contribution in [0.1, 0.15) is 45.6 Å². The monoisotopic (exact) mass is 405 g/mol. The molecule has 0 aliphatic rings. The van der Waals surface area contributed by atoms with Crippen molar-refractivity contribution >= 4 is 18.0 Å². The number of carbonyl (C=O) groups is 3. The normalized spacial score (nSPS) is 11.1. The Morgan fingerprint density at radius 2 is 1.55 bits per heavy atom. The van der Waals surface area contributed by atoms with Crippen molar-refractivity contribution in [2.45, 2.75) is 46.6 Å². The maximum atomic E-state index is 12.1. The third-order valence-corrected chi connectivity index (χ3v) is 4.05. The molecule has 1 rings (SSSR count). The summed E-state index contributed by atoms with van der Waals surface area (Å²) in [5.74, 6) is -1.47. The lowest BCUT2D eigenvalue weighted by molar-refractivity contribution is -0.146. The molecule has 0 fully saturated rings. The summed E-state index contributed by atoms with van der Waals surface area (Å²) in [5, 5.41) is 2.70. The smallest absolute Gasteiger partial charge is 0.407 e. The van der Waals surface area contributed by atoms with Crippen molar-refractivity contribution in [2.24, 2.45) is 5.92 Å². The standard InChI is InChI=1S/C22H31NO6/c1-4-10-17(15-19(20(24)27-5-2)21(25)28-6-3)13-14-23-22(26)29-16-18-11-8-7-9-12-18/h7-9,11-12,15,17H,4-6,10,13-14,16H2,1-3H3,(H,23,26). The van der Waals surface area contributed by atoms with Crippen molar-refractivity contribution in [3.05, 3.63) is 47.5 Å². The Morgan fingerprint density at radius 3 is 2.10 bits per heavy atom. The first-order valence-electron chi connectivity index (χ1n) is 10.0. The van der Waals surface area contributed by atoms with Gasteiger partial charge in [-0.2, -0.15) is 0 Å². The van der Waals surface area contributed by atoms with Gasteiger partial charge in [-0.1, -0.05) is 49.8 Å². The number of alkyl carbamates (subject to hydrolysis) is 1. The molecule has 0 saturated carbocycles. The minimum atomic E-state index is -0.692. The van der Waals surface area contributed by atoms with Crippen LogP contribution in [0.15, 0.2) is 42.0 Å². The molecule has 0 bridgehead atoms. The van der Waals surface area contributed by atoms with Crippen LogP contribution >= 0.6 is 0 Å². The van der Waals surface area contributed by atoms with Crippen LogP contribution in [0.5, 0.6) is 0 Å². The lowest BCUT2D eigenvalue weighted by atomic mass is 9.96. The minimum absolute atomic E-state index is 0.0850. The van der Waals surface area contributed by atoms with Crippen molar-refractivity contribution in [2.75, 3.05) is 19.8 Å². The van der Waals surface area contributed by atoms with Gasteiger partial charge in [0, 0.05) is 6.54 Å². The zero-order chi connectivity index (χ0) is 21.5. The second-order valence-electron chi connectivity index (χ2n) is 6.35. The minimum Gasteiger partial charge on any atom is -0.462 e. The van der Waals surface area contributed by atoms with Gasteiger partial charge in [-0.15, -0.1) is 0 Å². The summed E-state index contributed by atoms with van der Waals surface area (Å²) < 4.78 is 15.1. The first-order valence-corrected chi connectivity index (χ1v) is 10.0. The lowest BCUT2D eigenvalue weighted by Gasteiger charge is -2.15. The maximum absolute atomic E-state index is 12.1. The molecule has 160 valence electrons. The summed E-state index contributed by atoms with van der Waals surface area (Å²) >= 11 is 0. The van der Waals surface area contributed by atoms with E-state index in [0.717, 1.165) is 18.4 Å². The van der Waals surface area contributed by atoms with Crippen LogP contribution in [-0.4, -0.2) is 37.8 Å². The number of hydrogen-bond acceptors (Lipinski definition) is 6. The summed E-state index contributed by atoms with van der Waals surface area (Å²) in [4.78, 5) is 36.1. The van der Waals surface area contributed by atoms with Crippen LogP contribution in [-0.2, 0) is 30.4 Å². The molecule has 0 aliphatic heterocycles. The predicted octanol–water partition coefficient (Wildman–Crippen LogP) is 3.77. The van der Waals surface area contributed by atoms with E-state index >= 15 is 0 Å². The molecule has 0 saturated heterocycles. The van der Waals surface area contributed by atoms with Gasteiger partial charge in [-0.05, 0) is 38.2 Å². The molecule has 0 aliphatic carbocycles. The van der Waals surface area contributed by atoms with Crippen LogP contribution in [0, 0.1) is 5.92 Å². The molecule has 1 unspecified atom stereocenters.